The molecule has 7 nitrogen and oxygen atoms in total. The summed E-state index contributed by atoms with van der Waals surface area (Å²) in [6.07, 6.45) is 3.73. The largest absolute Gasteiger partial charge is 0.494 e. The maximum absolute atomic E-state index is 11.5. The second-order valence-electron chi connectivity index (χ2n) is 7.27. The molecule has 0 heterocycles. The predicted molar refractivity (Wildman–Crippen MR) is 116 cm³/mol. The summed E-state index contributed by atoms with van der Waals surface area (Å²) in [6.45, 7) is 0.580. The number of ether oxygens (including phenoxy) is 6. The second kappa shape index (κ2) is 10.3. The topological polar surface area (TPSA) is 72.5 Å². The minimum absolute atomic E-state index is 0.323. The number of carbonyl (C=O) groups is 1. The first-order valence-corrected chi connectivity index (χ1v) is 10.3. The lowest BCUT2D eigenvalue weighted by Crippen LogP contribution is -2.06. The summed E-state index contributed by atoms with van der Waals surface area (Å²) in [6, 6.07) is 6.96. The standard InChI is InChI=1S/C24H30O7/c1-26-20-18-13-10-15(19(18)21(27-2)23(29-4)22(20)28-3)7-6-14-31-17-11-8-16(9-12-17)24(25)30-5/h8-9,11-12,15H,6-7,10,13-14H2,1-5H3. The molecule has 0 N–H and O–H groups in total. The van der Waals surface area contributed by atoms with Crippen LogP contribution in [0.1, 0.15) is 46.7 Å². The summed E-state index contributed by atoms with van der Waals surface area (Å²) in [7, 11) is 7.88. The molecule has 0 saturated carbocycles. The third kappa shape index (κ3) is 4.50. The van der Waals surface area contributed by atoms with Crippen LogP contribution in [0.5, 0.6) is 28.7 Å². The third-order valence-corrected chi connectivity index (χ3v) is 5.67. The average Bonchev–Trinajstić information content (AvgIpc) is 3.23. The summed E-state index contributed by atoms with van der Waals surface area (Å²) in [4.78, 5) is 11.5. The zero-order chi connectivity index (χ0) is 22.4. The van der Waals surface area contributed by atoms with Crippen LogP contribution >= 0.6 is 0 Å². The molecule has 0 aromatic heterocycles. The molecule has 168 valence electrons. The molecule has 1 unspecified atom stereocenters. The number of carbonyl (C=O) groups excluding carboxylic acids is 1. The fourth-order valence-corrected chi connectivity index (χ4v) is 4.27. The van der Waals surface area contributed by atoms with Gasteiger partial charge >= 0.3 is 5.97 Å². The number of benzene rings is 2. The molecule has 2 aromatic rings. The molecule has 0 radical (unpaired) electrons. The molecule has 0 aliphatic heterocycles. The Kier molecular flexibility index (Phi) is 7.50. The Balaban J connectivity index is 1.68. The third-order valence-electron chi connectivity index (χ3n) is 5.67. The van der Waals surface area contributed by atoms with E-state index >= 15 is 0 Å². The monoisotopic (exact) mass is 430 g/mol. The number of hydrogen-bond acceptors (Lipinski definition) is 7. The van der Waals surface area contributed by atoms with Crippen molar-refractivity contribution in [2.24, 2.45) is 0 Å². The van der Waals surface area contributed by atoms with Gasteiger partial charge in [-0.3, -0.25) is 0 Å². The molecule has 1 atom stereocenters. The van der Waals surface area contributed by atoms with Crippen molar-refractivity contribution in [3.05, 3.63) is 41.0 Å². The molecular weight excluding hydrogens is 400 g/mol. The Morgan fingerprint density at radius 1 is 0.871 bits per heavy atom. The van der Waals surface area contributed by atoms with E-state index in [1.807, 2.05) is 0 Å². The molecular formula is C24H30O7. The van der Waals surface area contributed by atoms with Crippen LogP contribution in [-0.2, 0) is 11.2 Å². The first kappa shape index (κ1) is 22.6. The maximum Gasteiger partial charge on any atom is 0.337 e. The average molecular weight is 430 g/mol. The predicted octanol–water partition coefficient (Wildman–Crippen LogP) is 4.40. The molecule has 0 amide bonds. The first-order valence-electron chi connectivity index (χ1n) is 10.3. The molecule has 3 rings (SSSR count). The minimum Gasteiger partial charge on any atom is -0.494 e. The van der Waals surface area contributed by atoms with Crippen molar-refractivity contribution in [1.82, 2.24) is 0 Å². The molecule has 7 heteroatoms. The quantitative estimate of drug-likeness (QED) is 0.409. The zero-order valence-corrected chi connectivity index (χ0v) is 18.8. The number of methoxy groups -OCH3 is 5. The highest BCUT2D eigenvalue weighted by Gasteiger charge is 2.35. The van der Waals surface area contributed by atoms with Gasteiger partial charge in [0.15, 0.2) is 11.5 Å². The normalized spacial score (nSPS) is 14.5. The van der Waals surface area contributed by atoms with Crippen molar-refractivity contribution in [3.63, 3.8) is 0 Å². The number of rotatable bonds is 10. The lowest BCUT2D eigenvalue weighted by atomic mass is 9.94. The van der Waals surface area contributed by atoms with Gasteiger partial charge in [-0.15, -0.1) is 0 Å². The Morgan fingerprint density at radius 3 is 2.06 bits per heavy atom. The van der Waals surface area contributed by atoms with E-state index in [1.165, 1.54) is 7.11 Å². The number of fused-ring (bicyclic) bond motifs is 1. The van der Waals surface area contributed by atoms with Gasteiger partial charge in [0.05, 0.1) is 47.7 Å². The van der Waals surface area contributed by atoms with E-state index in [4.69, 9.17) is 28.4 Å². The van der Waals surface area contributed by atoms with Gasteiger partial charge in [-0.1, -0.05) is 0 Å². The zero-order valence-electron chi connectivity index (χ0n) is 18.8. The highest BCUT2D eigenvalue weighted by Crippen LogP contribution is 2.56. The summed E-state index contributed by atoms with van der Waals surface area (Å²) in [5.41, 5.74) is 2.77. The molecule has 2 aromatic carbocycles. The van der Waals surface area contributed by atoms with Crippen molar-refractivity contribution < 1.29 is 33.2 Å². The van der Waals surface area contributed by atoms with E-state index in [0.29, 0.717) is 29.6 Å². The van der Waals surface area contributed by atoms with E-state index in [2.05, 4.69) is 0 Å². The molecule has 1 aliphatic carbocycles. The van der Waals surface area contributed by atoms with Crippen LogP contribution in [-0.4, -0.2) is 48.1 Å². The van der Waals surface area contributed by atoms with Gasteiger partial charge in [-0.25, -0.2) is 4.79 Å². The highest BCUT2D eigenvalue weighted by atomic mass is 16.5. The van der Waals surface area contributed by atoms with Crippen molar-refractivity contribution in [2.75, 3.05) is 42.2 Å². The summed E-state index contributed by atoms with van der Waals surface area (Å²) in [5, 5.41) is 0. The fourth-order valence-electron chi connectivity index (χ4n) is 4.27. The summed E-state index contributed by atoms with van der Waals surface area (Å²) in [5.74, 6) is 3.27. The van der Waals surface area contributed by atoms with Gasteiger partial charge in [0.2, 0.25) is 11.5 Å². The van der Waals surface area contributed by atoms with Gasteiger partial charge in [0.1, 0.15) is 5.75 Å². The Labute approximate surface area is 183 Å². The van der Waals surface area contributed by atoms with Crippen LogP contribution in [0, 0.1) is 0 Å². The lowest BCUT2D eigenvalue weighted by Gasteiger charge is -2.22. The van der Waals surface area contributed by atoms with Gasteiger partial charge in [-0.05, 0) is 55.9 Å². The first-order chi connectivity index (χ1) is 15.1. The van der Waals surface area contributed by atoms with Crippen LogP contribution in [0.2, 0.25) is 0 Å². The van der Waals surface area contributed by atoms with Crippen LogP contribution in [0.25, 0.3) is 0 Å². The van der Waals surface area contributed by atoms with E-state index in [-0.39, 0.29) is 5.97 Å². The maximum atomic E-state index is 11.5. The van der Waals surface area contributed by atoms with Gasteiger partial charge < -0.3 is 28.4 Å². The van der Waals surface area contributed by atoms with Crippen molar-refractivity contribution >= 4 is 5.97 Å². The SMILES string of the molecule is COC(=O)c1ccc(OCCCC2CCc3c(OC)c(OC)c(OC)c(OC)c32)cc1. The molecule has 0 bridgehead atoms. The summed E-state index contributed by atoms with van der Waals surface area (Å²) >= 11 is 0. The lowest BCUT2D eigenvalue weighted by molar-refractivity contribution is 0.0600. The molecule has 0 spiro atoms. The molecule has 31 heavy (non-hydrogen) atoms. The second-order valence-corrected chi connectivity index (χ2v) is 7.27. The molecule has 0 saturated heterocycles. The van der Waals surface area contributed by atoms with Gasteiger partial charge in [0, 0.05) is 11.1 Å². The Morgan fingerprint density at radius 2 is 1.48 bits per heavy atom. The van der Waals surface area contributed by atoms with E-state index in [0.717, 1.165) is 54.1 Å². The van der Waals surface area contributed by atoms with Crippen molar-refractivity contribution in [2.45, 2.75) is 31.6 Å². The fraction of sp³-hybridized carbons (Fsp3) is 0.458. The van der Waals surface area contributed by atoms with Crippen LogP contribution < -0.4 is 23.7 Å². The molecule has 0 fully saturated rings. The van der Waals surface area contributed by atoms with Crippen LogP contribution in [0.4, 0.5) is 0 Å². The van der Waals surface area contributed by atoms with E-state index in [1.54, 1.807) is 52.7 Å². The van der Waals surface area contributed by atoms with E-state index < -0.39 is 0 Å². The smallest absolute Gasteiger partial charge is 0.337 e. The minimum atomic E-state index is -0.358. The highest BCUT2D eigenvalue weighted by molar-refractivity contribution is 5.89. The summed E-state index contributed by atoms with van der Waals surface area (Å²) < 4.78 is 33.1. The van der Waals surface area contributed by atoms with E-state index in [9.17, 15) is 4.79 Å². The number of hydrogen-bond donors (Lipinski definition) is 0. The van der Waals surface area contributed by atoms with Crippen molar-refractivity contribution in [3.8, 4) is 28.7 Å². The van der Waals surface area contributed by atoms with Crippen LogP contribution in [0.3, 0.4) is 0 Å². The van der Waals surface area contributed by atoms with Gasteiger partial charge in [-0.2, -0.15) is 0 Å². The Bertz CT molecular complexity index is 905. The van der Waals surface area contributed by atoms with Crippen molar-refractivity contribution in [1.29, 1.82) is 0 Å². The molecule has 1 aliphatic rings. The Hall–Kier alpha value is -3.09. The van der Waals surface area contributed by atoms with Crippen LogP contribution in [0.15, 0.2) is 24.3 Å². The number of esters is 1. The van der Waals surface area contributed by atoms with Gasteiger partial charge in [0.25, 0.3) is 0 Å².